The number of piperazine rings is 1. The molecule has 2 aliphatic rings. The molecule has 2 aromatic rings. The molecule has 0 bridgehead atoms. The van der Waals surface area contributed by atoms with Crippen molar-refractivity contribution in [1.82, 2.24) is 15.7 Å². The molecule has 2 N–H and O–H groups in total. The van der Waals surface area contributed by atoms with E-state index < -0.39 is 0 Å². The second-order valence-electron chi connectivity index (χ2n) is 8.67. The van der Waals surface area contributed by atoms with Gasteiger partial charge >= 0.3 is 5.97 Å². The molecule has 6 nitrogen and oxygen atoms in total. The van der Waals surface area contributed by atoms with Gasteiger partial charge in [0.15, 0.2) is 0 Å². The van der Waals surface area contributed by atoms with Gasteiger partial charge in [-0.25, -0.2) is 4.79 Å². The number of hydroxylamine groups is 1. The summed E-state index contributed by atoms with van der Waals surface area (Å²) in [6.45, 7) is 2.10. The van der Waals surface area contributed by atoms with Gasteiger partial charge in [-0.2, -0.15) is 0 Å². The molecule has 1 saturated heterocycles. The molecule has 1 heterocycles. The fourth-order valence-corrected chi connectivity index (χ4v) is 4.73. The Labute approximate surface area is 183 Å². The monoisotopic (exact) mass is 421 g/mol. The summed E-state index contributed by atoms with van der Waals surface area (Å²) in [4.78, 5) is 32.3. The third-order valence-electron chi connectivity index (χ3n) is 6.25. The van der Waals surface area contributed by atoms with Crippen LogP contribution in [0.5, 0.6) is 0 Å². The molecule has 164 valence electrons. The van der Waals surface area contributed by atoms with Crippen molar-refractivity contribution in [2.45, 2.75) is 44.2 Å². The molecule has 4 rings (SSSR count). The van der Waals surface area contributed by atoms with Crippen LogP contribution in [0.25, 0.3) is 0 Å². The standard InChI is InChI=1S/C25H31N3O3/c29-24-18-28(17-22(26-24)15-19-9-3-1-4-10-19)16-21-13-7-8-14-23(21)27-31-25(30)20-11-5-2-6-12-20/h1-6,9-12,21-23,27H,7-8,13-18H2,(H,26,29)/t21-,22-,23+/m0/s1. The van der Waals surface area contributed by atoms with Gasteiger partial charge in [-0.15, -0.1) is 5.48 Å². The molecule has 2 fully saturated rings. The van der Waals surface area contributed by atoms with Crippen molar-refractivity contribution in [3.8, 4) is 0 Å². The van der Waals surface area contributed by atoms with E-state index in [0.29, 0.717) is 18.0 Å². The highest BCUT2D eigenvalue weighted by molar-refractivity contribution is 5.89. The Hall–Kier alpha value is -2.70. The number of hydrogen-bond donors (Lipinski definition) is 2. The van der Waals surface area contributed by atoms with Crippen molar-refractivity contribution in [1.29, 1.82) is 0 Å². The van der Waals surface area contributed by atoms with Crippen LogP contribution in [0.1, 0.15) is 41.6 Å². The first kappa shape index (κ1) is 21.5. The zero-order valence-electron chi connectivity index (χ0n) is 17.8. The Balaban J connectivity index is 1.32. The Morgan fingerprint density at radius 1 is 1.03 bits per heavy atom. The van der Waals surface area contributed by atoms with Gasteiger partial charge in [0.1, 0.15) is 0 Å². The van der Waals surface area contributed by atoms with Crippen LogP contribution in [0.2, 0.25) is 0 Å². The van der Waals surface area contributed by atoms with Gasteiger partial charge in [0, 0.05) is 25.2 Å². The number of hydrogen-bond acceptors (Lipinski definition) is 5. The van der Waals surface area contributed by atoms with E-state index in [1.807, 2.05) is 36.4 Å². The van der Waals surface area contributed by atoms with Gasteiger partial charge in [0.2, 0.25) is 5.91 Å². The number of carbonyl (C=O) groups excluding carboxylic acids is 2. The summed E-state index contributed by atoms with van der Waals surface area (Å²) in [5, 5.41) is 3.14. The van der Waals surface area contributed by atoms with E-state index in [2.05, 4.69) is 27.8 Å². The number of benzene rings is 2. The van der Waals surface area contributed by atoms with Gasteiger partial charge in [-0.05, 0) is 42.9 Å². The molecule has 31 heavy (non-hydrogen) atoms. The van der Waals surface area contributed by atoms with Crippen LogP contribution in [0.4, 0.5) is 0 Å². The minimum atomic E-state index is -0.356. The Bertz CT molecular complexity index is 859. The molecule has 0 spiro atoms. The topological polar surface area (TPSA) is 70.7 Å². The van der Waals surface area contributed by atoms with Crippen molar-refractivity contribution in [2.75, 3.05) is 19.6 Å². The van der Waals surface area contributed by atoms with Crippen LogP contribution in [0, 0.1) is 5.92 Å². The normalized spacial score (nSPS) is 24.4. The molecule has 3 atom stereocenters. The summed E-state index contributed by atoms with van der Waals surface area (Å²) in [5.74, 6) is 0.0776. The summed E-state index contributed by atoms with van der Waals surface area (Å²) in [6, 6.07) is 19.6. The fourth-order valence-electron chi connectivity index (χ4n) is 4.73. The van der Waals surface area contributed by atoms with Gasteiger partial charge in [0.25, 0.3) is 0 Å². The predicted molar refractivity (Wildman–Crippen MR) is 119 cm³/mol. The van der Waals surface area contributed by atoms with Crippen LogP contribution >= 0.6 is 0 Å². The first-order valence-electron chi connectivity index (χ1n) is 11.2. The fraction of sp³-hybridized carbons (Fsp3) is 0.440. The van der Waals surface area contributed by atoms with E-state index in [1.54, 1.807) is 12.1 Å². The molecule has 1 amide bonds. The number of rotatable bonds is 7. The van der Waals surface area contributed by atoms with E-state index in [4.69, 9.17) is 4.84 Å². The first-order chi connectivity index (χ1) is 15.2. The van der Waals surface area contributed by atoms with Crippen molar-refractivity contribution < 1.29 is 14.4 Å². The van der Waals surface area contributed by atoms with Crippen molar-refractivity contribution in [3.05, 3.63) is 71.8 Å². The SMILES string of the molecule is O=C1CN(C[C@@H]2CCCC[C@H]2NOC(=O)c2ccccc2)C[C@H](Cc2ccccc2)N1. The van der Waals surface area contributed by atoms with Crippen LogP contribution in [-0.4, -0.2) is 48.5 Å². The van der Waals surface area contributed by atoms with Crippen LogP contribution in [-0.2, 0) is 16.1 Å². The summed E-state index contributed by atoms with van der Waals surface area (Å²) in [6.07, 6.45) is 5.17. The van der Waals surface area contributed by atoms with Crippen LogP contribution < -0.4 is 10.8 Å². The summed E-state index contributed by atoms with van der Waals surface area (Å²) >= 11 is 0. The van der Waals surface area contributed by atoms with Crippen molar-refractivity contribution in [2.24, 2.45) is 5.92 Å². The maximum absolute atomic E-state index is 12.3. The molecule has 1 aliphatic carbocycles. The maximum atomic E-state index is 12.3. The highest BCUT2D eigenvalue weighted by Gasteiger charge is 2.31. The smallest absolute Gasteiger partial charge is 0.356 e. The second-order valence-corrected chi connectivity index (χ2v) is 8.67. The highest BCUT2D eigenvalue weighted by Crippen LogP contribution is 2.26. The number of nitrogens with one attached hydrogen (secondary N) is 2. The van der Waals surface area contributed by atoms with Crippen molar-refractivity contribution in [3.63, 3.8) is 0 Å². The molecular weight excluding hydrogens is 390 g/mol. The first-order valence-corrected chi connectivity index (χ1v) is 11.2. The van der Waals surface area contributed by atoms with E-state index >= 15 is 0 Å². The summed E-state index contributed by atoms with van der Waals surface area (Å²) in [7, 11) is 0. The van der Waals surface area contributed by atoms with E-state index in [0.717, 1.165) is 38.8 Å². The van der Waals surface area contributed by atoms with E-state index in [-0.39, 0.29) is 24.0 Å². The van der Waals surface area contributed by atoms with Gasteiger partial charge in [-0.1, -0.05) is 61.4 Å². The third-order valence-corrected chi connectivity index (χ3v) is 6.25. The third kappa shape index (κ3) is 6.15. The molecule has 0 radical (unpaired) electrons. The van der Waals surface area contributed by atoms with Crippen LogP contribution in [0.3, 0.4) is 0 Å². The molecule has 6 heteroatoms. The van der Waals surface area contributed by atoms with Gasteiger partial charge < -0.3 is 10.2 Å². The Morgan fingerprint density at radius 3 is 2.52 bits per heavy atom. The quantitative estimate of drug-likeness (QED) is 0.673. The number of amides is 1. The van der Waals surface area contributed by atoms with E-state index in [9.17, 15) is 9.59 Å². The van der Waals surface area contributed by atoms with Crippen LogP contribution in [0.15, 0.2) is 60.7 Å². The average Bonchev–Trinajstić information content (AvgIpc) is 2.79. The minimum absolute atomic E-state index is 0.0861. The molecule has 2 aromatic carbocycles. The Kier molecular flexibility index (Phi) is 7.33. The molecule has 0 aromatic heterocycles. The lowest BCUT2D eigenvalue weighted by atomic mass is 9.84. The Morgan fingerprint density at radius 2 is 1.74 bits per heavy atom. The molecular formula is C25H31N3O3. The predicted octanol–water partition coefficient (Wildman–Crippen LogP) is 2.95. The van der Waals surface area contributed by atoms with E-state index in [1.165, 1.54) is 12.0 Å². The summed E-state index contributed by atoms with van der Waals surface area (Å²) < 4.78 is 0. The molecule has 0 unspecified atom stereocenters. The number of carbonyl (C=O) groups is 2. The minimum Gasteiger partial charge on any atom is -0.366 e. The number of nitrogens with zero attached hydrogens (tertiary/aromatic N) is 1. The van der Waals surface area contributed by atoms with Gasteiger partial charge in [0.05, 0.1) is 12.1 Å². The zero-order chi connectivity index (χ0) is 21.5. The van der Waals surface area contributed by atoms with Crippen molar-refractivity contribution >= 4 is 11.9 Å². The lowest BCUT2D eigenvalue weighted by Crippen LogP contribution is -2.57. The lowest BCUT2D eigenvalue weighted by Gasteiger charge is -2.39. The lowest BCUT2D eigenvalue weighted by molar-refractivity contribution is -0.125. The average molecular weight is 422 g/mol. The second kappa shape index (κ2) is 10.6. The maximum Gasteiger partial charge on any atom is 0.356 e. The highest BCUT2D eigenvalue weighted by atomic mass is 16.7. The summed E-state index contributed by atoms with van der Waals surface area (Å²) in [5.41, 5.74) is 4.82. The largest absolute Gasteiger partial charge is 0.366 e. The molecule has 1 aliphatic heterocycles. The van der Waals surface area contributed by atoms with Gasteiger partial charge in [-0.3, -0.25) is 9.69 Å². The zero-order valence-corrected chi connectivity index (χ0v) is 17.8. The molecule has 1 saturated carbocycles.